The minimum atomic E-state index is -1.02. The second-order valence-corrected chi connectivity index (χ2v) is 3.99. The predicted octanol–water partition coefficient (Wildman–Crippen LogP) is 1.78. The number of nitrogens with zero attached hydrogens (tertiary/aromatic N) is 3. The van der Waals surface area contributed by atoms with Crippen molar-refractivity contribution in [1.82, 2.24) is 15.0 Å². The van der Waals surface area contributed by atoms with Crippen LogP contribution in [-0.2, 0) is 19.4 Å². The number of hydrogen-bond donors (Lipinski definition) is 1. The van der Waals surface area contributed by atoms with Crippen LogP contribution in [0.1, 0.15) is 28.7 Å². The zero-order valence-electron chi connectivity index (χ0n) is 10.2. The van der Waals surface area contributed by atoms with Crippen LogP contribution in [0.4, 0.5) is 0 Å². The number of aromatic nitrogens is 3. The zero-order chi connectivity index (χ0) is 13.0. The van der Waals surface area contributed by atoms with Crippen molar-refractivity contribution in [3.8, 4) is 0 Å². The highest BCUT2D eigenvalue weighted by Crippen LogP contribution is 2.10. The standard InChI is InChI=1S/C13H15N3O2/c1-2-16-11(12(13(17)18)14-15-16)9-8-10-6-4-3-5-7-10/h3-7H,2,8-9H2,1H3,(H,17,18). The van der Waals surface area contributed by atoms with E-state index in [0.717, 1.165) is 6.42 Å². The molecule has 1 heterocycles. The van der Waals surface area contributed by atoms with Crippen molar-refractivity contribution in [1.29, 1.82) is 0 Å². The molecule has 2 aromatic rings. The van der Waals surface area contributed by atoms with E-state index in [1.807, 2.05) is 37.3 Å². The molecule has 5 nitrogen and oxygen atoms in total. The maximum atomic E-state index is 11.0. The fourth-order valence-corrected chi connectivity index (χ4v) is 1.91. The fraction of sp³-hybridized carbons (Fsp3) is 0.308. The van der Waals surface area contributed by atoms with Gasteiger partial charge >= 0.3 is 5.97 Å². The van der Waals surface area contributed by atoms with Crippen LogP contribution < -0.4 is 0 Å². The van der Waals surface area contributed by atoms with Crippen molar-refractivity contribution in [3.05, 3.63) is 47.3 Å². The van der Waals surface area contributed by atoms with E-state index in [1.165, 1.54) is 5.56 Å². The Kier molecular flexibility index (Phi) is 3.72. The molecule has 0 amide bonds. The summed E-state index contributed by atoms with van der Waals surface area (Å²) in [7, 11) is 0. The van der Waals surface area contributed by atoms with Crippen molar-refractivity contribution in [2.75, 3.05) is 0 Å². The number of aryl methyl sites for hydroxylation is 2. The van der Waals surface area contributed by atoms with Gasteiger partial charge in [0.15, 0.2) is 5.69 Å². The van der Waals surface area contributed by atoms with Gasteiger partial charge in [-0.25, -0.2) is 9.48 Å². The van der Waals surface area contributed by atoms with E-state index < -0.39 is 5.97 Å². The summed E-state index contributed by atoms with van der Waals surface area (Å²) in [6.07, 6.45) is 1.42. The van der Waals surface area contributed by atoms with E-state index in [1.54, 1.807) is 4.68 Å². The molecule has 0 spiro atoms. The Hall–Kier alpha value is -2.17. The van der Waals surface area contributed by atoms with Crippen LogP contribution in [0.15, 0.2) is 30.3 Å². The Morgan fingerprint density at radius 2 is 2.00 bits per heavy atom. The van der Waals surface area contributed by atoms with Gasteiger partial charge in [0.2, 0.25) is 0 Å². The molecule has 0 bridgehead atoms. The number of hydrogen-bond acceptors (Lipinski definition) is 3. The normalized spacial score (nSPS) is 10.5. The highest BCUT2D eigenvalue weighted by Gasteiger charge is 2.17. The van der Waals surface area contributed by atoms with Crippen LogP contribution in [0.25, 0.3) is 0 Å². The van der Waals surface area contributed by atoms with E-state index in [0.29, 0.717) is 18.7 Å². The van der Waals surface area contributed by atoms with Crippen molar-refractivity contribution in [2.45, 2.75) is 26.3 Å². The van der Waals surface area contributed by atoms with Gasteiger partial charge in [0.05, 0.1) is 5.69 Å². The van der Waals surface area contributed by atoms with Gasteiger partial charge in [-0.05, 0) is 25.3 Å². The summed E-state index contributed by atoms with van der Waals surface area (Å²) in [5.41, 5.74) is 1.93. The molecule has 0 fully saturated rings. The van der Waals surface area contributed by atoms with Gasteiger partial charge in [-0.1, -0.05) is 35.5 Å². The molecule has 0 aliphatic carbocycles. The first-order valence-corrected chi connectivity index (χ1v) is 5.92. The summed E-state index contributed by atoms with van der Waals surface area (Å²) in [5, 5.41) is 16.6. The molecule has 0 aliphatic heterocycles. The molecular formula is C13H15N3O2. The van der Waals surface area contributed by atoms with Crippen molar-refractivity contribution < 1.29 is 9.90 Å². The lowest BCUT2D eigenvalue weighted by molar-refractivity contribution is 0.0689. The number of aromatic carboxylic acids is 1. The Morgan fingerprint density at radius 1 is 1.28 bits per heavy atom. The average Bonchev–Trinajstić information content (AvgIpc) is 2.80. The molecule has 0 aliphatic rings. The summed E-state index contributed by atoms with van der Waals surface area (Å²) < 4.78 is 1.65. The van der Waals surface area contributed by atoms with E-state index in [9.17, 15) is 4.79 Å². The largest absolute Gasteiger partial charge is 0.476 e. The maximum absolute atomic E-state index is 11.0. The Morgan fingerprint density at radius 3 is 2.61 bits per heavy atom. The van der Waals surface area contributed by atoms with Crippen molar-refractivity contribution >= 4 is 5.97 Å². The van der Waals surface area contributed by atoms with E-state index in [-0.39, 0.29) is 5.69 Å². The fourth-order valence-electron chi connectivity index (χ4n) is 1.91. The molecule has 0 saturated carbocycles. The van der Waals surface area contributed by atoms with Crippen LogP contribution in [0.5, 0.6) is 0 Å². The Bertz CT molecular complexity index is 534. The smallest absolute Gasteiger partial charge is 0.358 e. The topological polar surface area (TPSA) is 68.0 Å². The lowest BCUT2D eigenvalue weighted by Crippen LogP contribution is -2.08. The third kappa shape index (κ3) is 2.56. The van der Waals surface area contributed by atoms with Gasteiger partial charge in [-0.3, -0.25) is 0 Å². The first kappa shape index (κ1) is 12.3. The van der Waals surface area contributed by atoms with Gasteiger partial charge < -0.3 is 5.11 Å². The summed E-state index contributed by atoms with van der Waals surface area (Å²) >= 11 is 0. The molecule has 0 unspecified atom stereocenters. The number of carboxylic acids is 1. The first-order chi connectivity index (χ1) is 8.72. The minimum absolute atomic E-state index is 0.0628. The number of carbonyl (C=O) groups is 1. The highest BCUT2D eigenvalue weighted by atomic mass is 16.4. The third-order valence-corrected chi connectivity index (χ3v) is 2.83. The van der Waals surface area contributed by atoms with Crippen LogP contribution in [0, 0.1) is 0 Å². The second-order valence-electron chi connectivity index (χ2n) is 3.99. The minimum Gasteiger partial charge on any atom is -0.476 e. The Labute approximate surface area is 105 Å². The van der Waals surface area contributed by atoms with E-state index in [4.69, 9.17) is 5.11 Å². The SMILES string of the molecule is CCn1nnc(C(=O)O)c1CCc1ccccc1. The molecule has 1 aromatic heterocycles. The van der Waals surface area contributed by atoms with Gasteiger partial charge in [0.1, 0.15) is 0 Å². The molecule has 1 N–H and O–H groups in total. The second kappa shape index (κ2) is 5.44. The van der Waals surface area contributed by atoms with Crippen molar-refractivity contribution in [3.63, 3.8) is 0 Å². The monoisotopic (exact) mass is 245 g/mol. The maximum Gasteiger partial charge on any atom is 0.358 e. The number of rotatable bonds is 5. The summed E-state index contributed by atoms with van der Waals surface area (Å²) in [4.78, 5) is 11.0. The van der Waals surface area contributed by atoms with Gasteiger partial charge in [0, 0.05) is 6.54 Å². The van der Waals surface area contributed by atoms with E-state index >= 15 is 0 Å². The molecule has 1 aromatic carbocycles. The molecule has 5 heteroatoms. The van der Waals surface area contributed by atoms with Crippen LogP contribution in [0.3, 0.4) is 0 Å². The third-order valence-electron chi connectivity index (χ3n) is 2.83. The lowest BCUT2D eigenvalue weighted by atomic mass is 10.1. The van der Waals surface area contributed by atoms with Gasteiger partial charge in [0.25, 0.3) is 0 Å². The highest BCUT2D eigenvalue weighted by molar-refractivity contribution is 5.86. The van der Waals surface area contributed by atoms with Crippen LogP contribution >= 0.6 is 0 Å². The molecule has 0 radical (unpaired) electrons. The molecule has 94 valence electrons. The average molecular weight is 245 g/mol. The lowest BCUT2D eigenvalue weighted by Gasteiger charge is -2.04. The molecule has 0 saturated heterocycles. The molecule has 0 atom stereocenters. The Balaban J connectivity index is 2.17. The quantitative estimate of drug-likeness (QED) is 0.871. The number of carboxylic acid groups (broad SMARTS) is 1. The molecule has 2 rings (SSSR count). The van der Waals surface area contributed by atoms with Crippen molar-refractivity contribution in [2.24, 2.45) is 0 Å². The van der Waals surface area contributed by atoms with E-state index in [2.05, 4.69) is 10.3 Å². The van der Waals surface area contributed by atoms with Crippen LogP contribution in [0.2, 0.25) is 0 Å². The zero-order valence-corrected chi connectivity index (χ0v) is 10.2. The molecule has 18 heavy (non-hydrogen) atoms. The number of benzene rings is 1. The molecular weight excluding hydrogens is 230 g/mol. The van der Waals surface area contributed by atoms with Crippen LogP contribution in [-0.4, -0.2) is 26.1 Å². The summed E-state index contributed by atoms with van der Waals surface area (Å²) in [6, 6.07) is 9.97. The van der Waals surface area contributed by atoms with Gasteiger partial charge in [-0.15, -0.1) is 5.10 Å². The summed E-state index contributed by atoms with van der Waals surface area (Å²) in [5.74, 6) is -1.02. The predicted molar refractivity (Wildman–Crippen MR) is 66.5 cm³/mol. The van der Waals surface area contributed by atoms with Gasteiger partial charge in [-0.2, -0.15) is 0 Å². The summed E-state index contributed by atoms with van der Waals surface area (Å²) in [6.45, 7) is 2.55. The first-order valence-electron chi connectivity index (χ1n) is 5.92.